The lowest BCUT2D eigenvalue weighted by atomic mass is 9.91. The summed E-state index contributed by atoms with van der Waals surface area (Å²) in [5.74, 6) is 0.844. The van der Waals surface area contributed by atoms with E-state index in [2.05, 4.69) is 9.97 Å². The van der Waals surface area contributed by atoms with Gasteiger partial charge in [-0.05, 0) is 43.7 Å². The highest BCUT2D eigenvalue weighted by molar-refractivity contribution is 6.33. The monoisotopic (exact) mass is 493 g/mol. The Balaban J connectivity index is 1.95. The number of hydrogen-bond donors (Lipinski definition) is 0. The van der Waals surface area contributed by atoms with Crippen molar-refractivity contribution >= 4 is 28.7 Å². The van der Waals surface area contributed by atoms with E-state index in [9.17, 15) is 13.2 Å². The number of rotatable bonds is 5. The van der Waals surface area contributed by atoms with Gasteiger partial charge in [0.25, 0.3) is 0 Å². The summed E-state index contributed by atoms with van der Waals surface area (Å²) in [5.41, 5.74) is 1.96. The Labute approximate surface area is 199 Å². The lowest BCUT2D eigenvalue weighted by Gasteiger charge is -2.22. The molecule has 0 aliphatic heterocycles. The fourth-order valence-corrected chi connectivity index (χ4v) is 4.34. The van der Waals surface area contributed by atoms with E-state index in [0.717, 1.165) is 17.8 Å². The van der Waals surface area contributed by atoms with Gasteiger partial charge in [0, 0.05) is 46.2 Å². The van der Waals surface area contributed by atoms with Crippen LogP contribution in [-0.4, -0.2) is 21.0 Å². The molecule has 0 aliphatic carbocycles. The van der Waals surface area contributed by atoms with Crippen molar-refractivity contribution in [3.63, 3.8) is 0 Å². The molecule has 0 fully saturated rings. The minimum Gasteiger partial charge on any atom is -0.493 e. The topological polar surface area (TPSA) is 39.4 Å². The maximum Gasteiger partial charge on any atom is 0.417 e. The Morgan fingerprint density at radius 2 is 1.88 bits per heavy atom. The van der Waals surface area contributed by atoms with Crippen molar-refractivity contribution in [1.29, 1.82) is 0 Å². The van der Waals surface area contributed by atoms with E-state index in [1.54, 1.807) is 25.3 Å². The third kappa shape index (κ3) is 4.27. The number of halogens is 5. The smallest absolute Gasteiger partial charge is 0.417 e. The van der Waals surface area contributed by atoms with Crippen LogP contribution in [0.2, 0.25) is 10.0 Å². The number of fused-ring (bicyclic) bond motifs is 1. The van der Waals surface area contributed by atoms with Crippen molar-refractivity contribution in [2.24, 2.45) is 0 Å². The van der Waals surface area contributed by atoms with Crippen molar-refractivity contribution in [1.82, 2.24) is 14.4 Å². The van der Waals surface area contributed by atoms with Gasteiger partial charge < -0.3 is 9.14 Å². The zero-order valence-electron chi connectivity index (χ0n) is 18.0. The fraction of sp³-hybridized carbons (Fsp3) is 0.250. The summed E-state index contributed by atoms with van der Waals surface area (Å²) >= 11 is 12.9. The first-order valence-corrected chi connectivity index (χ1v) is 11.0. The van der Waals surface area contributed by atoms with Gasteiger partial charge in [0.1, 0.15) is 11.6 Å². The molecule has 0 amide bonds. The maximum absolute atomic E-state index is 13.4. The second-order valence-corrected chi connectivity index (χ2v) is 8.43. The SMILES string of the molecule is CCOc1c(C(C)c2ncc3c(Cl)cccn23)cc(Cl)c(C)c1-c1cncc(C(F)(F)F)c1. The molecule has 1 unspecified atom stereocenters. The fourth-order valence-electron chi connectivity index (χ4n) is 3.91. The Kier molecular flexibility index (Phi) is 6.29. The van der Waals surface area contributed by atoms with Crippen LogP contribution in [0.25, 0.3) is 16.6 Å². The molecular weight excluding hydrogens is 474 g/mol. The van der Waals surface area contributed by atoms with Gasteiger partial charge >= 0.3 is 6.18 Å². The summed E-state index contributed by atoms with van der Waals surface area (Å²) in [5, 5.41) is 0.970. The summed E-state index contributed by atoms with van der Waals surface area (Å²) in [7, 11) is 0. The molecule has 172 valence electrons. The molecule has 0 saturated heterocycles. The van der Waals surface area contributed by atoms with Crippen LogP contribution in [0, 0.1) is 6.92 Å². The highest BCUT2D eigenvalue weighted by Gasteiger charge is 2.32. The molecule has 4 rings (SSSR count). The van der Waals surface area contributed by atoms with Gasteiger partial charge in [0.15, 0.2) is 0 Å². The van der Waals surface area contributed by atoms with Crippen LogP contribution < -0.4 is 4.74 Å². The van der Waals surface area contributed by atoms with Crippen LogP contribution in [0.3, 0.4) is 0 Å². The van der Waals surface area contributed by atoms with Gasteiger partial charge in [0.05, 0.1) is 28.9 Å². The summed E-state index contributed by atoms with van der Waals surface area (Å²) in [4.78, 5) is 8.38. The van der Waals surface area contributed by atoms with Gasteiger partial charge in [0.2, 0.25) is 0 Å². The van der Waals surface area contributed by atoms with Crippen LogP contribution >= 0.6 is 23.2 Å². The lowest BCUT2D eigenvalue weighted by Crippen LogP contribution is -2.09. The average Bonchev–Trinajstić information content (AvgIpc) is 3.21. The Morgan fingerprint density at radius 1 is 1.12 bits per heavy atom. The number of nitrogens with zero attached hydrogens (tertiary/aromatic N) is 3. The Hall–Kier alpha value is -2.77. The summed E-state index contributed by atoms with van der Waals surface area (Å²) in [6.45, 7) is 5.82. The minimum absolute atomic E-state index is 0.276. The van der Waals surface area contributed by atoms with Crippen molar-refractivity contribution in [3.8, 4) is 16.9 Å². The quantitative estimate of drug-likeness (QED) is 0.287. The first-order valence-electron chi connectivity index (χ1n) is 10.2. The summed E-state index contributed by atoms with van der Waals surface area (Å²) < 4.78 is 48.0. The second kappa shape index (κ2) is 8.88. The van der Waals surface area contributed by atoms with Crippen molar-refractivity contribution in [3.05, 3.63) is 81.6 Å². The normalized spacial score (nSPS) is 12.8. The van der Waals surface area contributed by atoms with E-state index in [1.807, 2.05) is 30.5 Å². The zero-order valence-corrected chi connectivity index (χ0v) is 19.6. The third-order valence-electron chi connectivity index (χ3n) is 5.55. The van der Waals surface area contributed by atoms with Crippen molar-refractivity contribution in [2.75, 3.05) is 6.61 Å². The first kappa shape index (κ1) is 23.4. The van der Waals surface area contributed by atoms with E-state index < -0.39 is 11.7 Å². The molecule has 1 aromatic carbocycles. The Bertz CT molecular complexity index is 1330. The van der Waals surface area contributed by atoms with E-state index in [4.69, 9.17) is 27.9 Å². The first-order chi connectivity index (χ1) is 15.6. The summed E-state index contributed by atoms with van der Waals surface area (Å²) in [6.07, 6.45) is 1.20. The van der Waals surface area contributed by atoms with Crippen LogP contribution in [0.5, 0.6) is 5.75 Å². The van der Waals surface area contributed by atoms with Gasteiger partial charge in [-0.3, -0.25) is 4.98 Å². The molecule has 3 heterocycles. The summed E-state index contributed by atoms with van der Waals surface area (Å²) in [6, 6.07) is 6.44. The van der Waals surface area contributed by atoms with Crippen molar-refractivity contribution < 1.29 is 17.9 Å². The Morgan fingerprint density at radius 3 is 2.58 bits per heavy atom. The molecule has 0 saturated carbocycles. The lowest BCUT2D eigenvalue weighted by molar-refractivity contribution is -0.137. The molecule has 4 nitrogen and oxygen atoms in total. The molecule has 9 heteroatoms. The molecular formula is C24H20Cl2F3N3O. The van der Waals surface area contributed by atoms with Crippen molar-refractivity contribution in [2.45, 2.75) is 32.9 Å². The van der Waals surface area contributed by atoms with Crippen LogP contribution in [0.4, 0.5) is 13.2 Å². The van der Waals surface area contributed by atoms with E-state index >= 15 is 0 Å². The number of benzene rings is 1. The molecule has 0 bridgehead atoms. The number of aromatic nitrogens is 3. The molecule has 4 aromatic rings. The third-order valence-corrected chi connectivity index (χ3v) is 6.26. The molecule has 1 atom stereocenters. The van der Waals surface area contributed by atoms with Crippen LogP contribution in [0.15, 0.2) is 49.1 Å². The molecule has 0 radical (unpaired) electrons. The minimum atomic E-state index is -4.52. The van der Waals surface area contributed by atoms with Gasteiger partial charge in [-0.15, -0.1) is 0 Å². The number of imidazole rings is 1. The number of alkyl halides is 3. The second-order valence-electron chi connectivity index (χ2n) is 7.62. The largest absolute Gasteiger partial charge is 0.493 e. The number of pyridine rings is 2. The molecule has 0 spiro atoms. The average molecular weight is 494 g/mol. The van der Waals surface area contributed by atoms with Crippen LogP contribution in [-0.2, 0) is 6.18 Å². The molecule has 0 aliphatic rings. The predicted octanol–water partition coefficient (Wildman–Crippen LogP) is 7.58. The van der Waals surface area contributed by atoms with E-state index in [-0.39, 0.29) is 11.5 Å². The highest BCUT2D eigenvalue weighted by Crippen LogP contribution is 2.45. The highest BCUT2D eigenvalue weighted by atomic mass is 35.5. The van der Waals surface area contributed by atoms with E-state index in [0.29, 0.717) is 44.9 Å². The standard InChI is InChI=1S/C24H20Cl2F3N3O/c1-4-33-22-17(13(2)23-31-12-20-18(25)6-5-7-32(20)23)9-19(26)14(3)21(22)15-8-16(11-30-10-15)24(27,28)29/h5-13H,4H2,1-3H3. The molecule has 0 N–H and O–H groups in total. The molecule has 3 aromatic heterocycles. The zero-order chi connectivity index (χ0) is 23.9. The van der Waals surface area contributed by atoms with Gasteiger partial charge in [-0.2, -0.15) is 13.2 Å². The van der Waals surface area contributed by atoms with E-state index in [1.165, 1.54) is 6.20 Å². The van der Waals surface area contributed by atoms with Gasteiger partial charge in [-0.1, -0.05) is 30.1 Å². The van der Waals surface area contributed by atoms with Gasteiger partial charge in [-0.25, -0.2) is 4.98 Å². The molecule has 33 heavy (non-hydrogen) atoms. The van der Waals surface area contributed by atoms with Crippen LogP contribution in [0.1, 0.15) is 42.3 Å². The number of ether oxygens (including phenoxy) is 1. The maximum atomic E-state index is 13.4. The number of hydrogen-bond acceptors (Lipinski definition) is 3. The predicted molar refractivity (Wildman–Crippen MR) is 123 cm³/mol.